The fraction of sp³-hybridized carbons (Fsp3) is 0.520. The van der Waals surface area contributed by atoms with E-state index in [0.29, 0.717) is 37.6 Å². The molecule has 2 aromatic rings. The molecular formula is C25H34N4O4S. The highest BCUT2D eigenvalue weighted by molar-refractivity contribution is 7.89. The molecule has 2 fully saturated rings. The highest BCUT2D eigenvalue weighted by atomic mass is 32.2. The maximum atomic E-state index is 13.3. The van der Waals surface area contributed by atoms with Gasteiger partial charge in [-0.05, 0) is 64.3 Å². The van der Waals surface area contributed by atoms with E-state index in [2.05, 4.69) is 9.88 Å². The molecule has 0 N–H and O–H groups in total. The predicted octanol–water partition coefficient (Wildman–Crippen LogP) is 3.97. The van der Waals surface area contributed by atoms with Crippen LogP contribution in [0.15, 0.2) is 47.5 Å². The van der Waals surface area contributed by atoms with E-state index >= 15 is 0 Å². The van der Waals surface area contributed by atoms with E-state index in [1.54, 1.807) is 27.5 Å². The molecule has 9 heteroatoms. The third-order valence-corrected chi connectivity index (χ3v) is 8.16. The maximum Gasteiger partial charge on any atom is 0.410 e. The summed E-state index contributed by atoms with van der Waals surface area (Å²) in [6.45, 7) is 10.5. The monoisotopic (exact) mass is 486 g/mol. The molecule has 184 valence electrons. The molecule has 1 aromatic heterocycles. The Bertz CT molecular complexity index is 1100. The van der Waals surface area contributed by atoms with E-state index in [0.717, 1.165) is 29.8 Å². The van der Waals surface area contributed by atoms with Crippen molar-refractivity contribution in [1.82, 2.24) is 14.2 Å². The summed E-state index contributed by atoms with van der Waals surface area (Å²) in [6, 6.07) is 10.7. The number of hydrogen-bond acceptors (Lipinski definition) is 6. The van der Waals surface area contributed by atoms with Crippen molar-refractivity contribution in [1.29, 1.82) is 0 Å². The number of carbonyl (C=O) groups is 1. The lowest BCUT2D eigenvalue weighted by Gasteiger charge is -2.36. The molecule has 1 aromatic carbocycles. The van der Waals surface area contributed by atoms with Gasteiger partial charge in [0.25, 0.3) is 0 Å². The minimum atomic E-state index is -3.57. The average Bonchev–Trinajstić information content (AvgIpc) is 3.29. The third kappa shape index (κ3) is 5.36. The fourth-order valence-corrected chi connectivity index (χ4v) is 6.12. The Morgan fingerprint density at radius 3 is 2.26 bits per heavy atom. The number of aromatic nitrogens is 1. The van der Waals surface area contributed by atoms with Crippen LogP contribution in [0.25, 0.3) is 0 Å². The van der Waals surface area contributed by atoms with Crippen molar-refractivity contribution in [2.75, 3.05) is 37.6 Å². The third-order valence-electron chi connectivity index (χ3n) is 6.24. The number of hydrogen-bond donors (Lipinski definition) is 0. The molecule has 4 rings (SSSR count). The minimum absolute atomic E-state index is 0.211. The summed E-state index contributed by atoms with van der Waals surface area (Å²) in [4.78, 5) is 21.1. The summed E-state index contributed by atoms with van der Waals surface area (Å²) >= 11 is 0. The number of sulfonamides is 1. The number of nitrogens with zero attached hydrogens (tertiary/aromatic N) is 4. The quantitative estimate of drug-likeness (QED) is 0.650. The lowest BCUT2D eigenvalue weighted by atomic mass is 10.1. The fourth-order valence-electron chi connectivity index (χ4n) is 4.43. The Morgan fingerprint density at radius 2 is 1.68 bits per heavy atom. The topological polar surface area (TPSA) is 83.1 Å². The first-order chi connectivity index (χ1) is 16.0. The molecule has 1 atom stereocenters. The number of aryl methyl sites for hydroxylation is 1. The van der Waals surface area contributed by atoms with Crippen molar-refractivity contribution in [2.45, 2.75) is 57.1 Å². The number of anilines is 1. The SMILES string of the molecule is Cc1ccc(S(=O)(=O)N2CCC[C@H]2c2ccc(N3CCN(C(=O)OC(C)(C)C)CC3)nc2)cc1. The molecule has 8 nitrogen and oxygen atoms in total. The van der Waals surface area contributed by atoms with Crippen molar-refractivity contribution in [2.24, 2.45) is 0 Å². The van der Waals surface area contributed by atoms with Crippen LogP contribution in [0.4, 0.5) is 10.6 Å². The number of rotatable bonds is 4. The second-order valence-electron chi connectivity index (χ2n) is 9.99. The summed E-state index contributed by atoms with van der Waals surface area (Å²) in [5, 5.41) is 0. The van der Waals surface area contributed by atoms with E-state index in [1.165, 1.54) is 0 Å². The van der Waals surface area contributed by atoms with Crippen molar-refractivity contribution in [3.05, 3.63) is 53.7 Å². The van der Waals surface area contributed by atoms with Gasteiger partial charge in [-0.3, -0.25) is 0 Å². The molecule has 0 spiro atoms. The molecular weight excluding hydrogens is 452 g/mol. The molecule has 2 saturated heterocycles. The first kappa shape index (κ1) is 24.5. The number of ether oxygens (including phenoxy) is 1. The molecule has 2 aliphatic heterocycles. The second-order valence-corrected chi connectivity index (χ2v) is 11.9. The highest BCUT2D eigenvalue weighted by Gasteiger charge is 2.36. The van der Waals surface area contributed by atoms with Gasteiger partial charge >= 0.3 is 6.09 Å². The number of piperazine rings is 1. The van der Waals surface area contributed by atoms with Gasteiger partial charge < -0.3 is 14.5 Å². The first-order valence-electron chi connectivity index (χ1n) is 11.8. The normalized spacial score (nSPS) is 19.9. The Morgan fingerprint density at radius 1 is 1.00 bits per heavy atom. The van der Waals surface area contributed by atoms with Crippen LogP contribution in [0, 0.1) is 6.92 Å². The molecule has 0 saturated carbocycles. The molecule has 3 heterocycles. The van der Waals surface area contributed by atoms with Gasteiger partial charge in [0, 0.05) is 38.9 Å². The zero-order chi connectivity index (χ0) is 24.5. The van der Waals surface area contributed by atoms with E-state index < -0.39 is 15.6 Å². The lowest BCUT2D eigenvalue weighted by molar-refractivity contribution is 0.0240. The standard InChI is InChI=1S/C25H34N4O4S/c1-19-7-10-21(11-8-19)34(31,32)29-13-5-6-22(29)20-9-12-23(26-18-20)27-14-16-28(17-15-27)24(30)33-25(2,3)4/h7-12,18,22H,5-6,13-17H2,1-4H3/t22-/m0/s1. The van der Waals surface area contributed by atoms with Crippen molar-refractivity contribution in [3.63, 3.8) is 0 Å². The molecule has 0 radical (unpaired) electrons. The molecule has 0 unspecified atom stereocenters. The minimum Gasteiger partial charge on any atom is -0.444 e. The van der Waals surface area contributed by atoms with Crippen molar-refractivity contribution >= 4 is 21.9 Å². The van der Waals surface area contributed by atoms with Gasteiger partial charge in [0.15, 0.2) is 0 Å². The smallest absolute Gasteiger partial charge is 0.410 e. The second kappa shape index (κ2) is 9.54. The van der Waals surface area contributed by atoms with E-state index in [-0.39, 0.29) is 12.1 Å². The summed E-state index contributed by atoms with van der Waals surface area (Å²) in [6.07, 6.45) is 3.11. The van der Waals surface area contributed by atoms with Gasteiger partial charge in [-0.2, -0.15) is 4.31 Å². The van der Waals surface area contributed by atoms with E-state index in [1.807, 2.05) is 52.0 Å². The van der Waals surface area contributed by atoms with Crippen LogP contribution < -0.4 is 4.90 Å². The Kier molecular flexibility index (Phi) is 6.87. The van der Waals surface area contributed by atoms with Crippen LogP contribution in [0.1, 0.15) is 50.8 Å². The van der Waals surface area contributed by atoms with Crippen LogP contribution in [0.2, 0.25) is 0 Å². The average molecular weight is 487 g/mol. The first-order valence-corrected chi connectivity index (χ1v) is 13.3. The summed E-state index contributed by atoms with van der Waals surface area (Å²) in [7, 11) is -3.57. The Labute approximate surface area is 202 Å². The zero-order valence-corrected chi connectivity index (χ0v) is 21.2. The van der Waals surface area contributed by atoms with Gasteiger partial charge in [-0.1, -0.05) is 23.8 Å². The molecule has 0 bridgehead atoms. The molecule has 1 amide bonds. The number of carbonyl (C=O) groups excluding carboxylic acids is 1. The van der Waals surface area contributed by atoms with Crippen LogP contribution in [-0.4, -0.2) is 67.0 Å². The summed E-state index contributed by atoms with van der Waals surface area (Å²) in [5.74, 6) is 0.832. The largest absolute Gasteiger partial charge is 0.444 e. The zero-order valence-electron chi connectivity index (χ0n) is 20.4. The molecule has 2 aliphatic rings. The summed E-state index contributed by atoms with van der Waals surface area (Å²) in [5.41, 5.74) is 1.43. The van der Waals surface area contributed by atoms with Crippen molar-refractivity contribution in [3.8, 4) is 0 Å². The Hall–Kier alpha value is -2.65. The lowest BCUT2D eigenvalue weighted by Crippen LogP contribution is -2.50. The van der Waals surface area contributed by atoms with Gasteiger partial charge in [0.1, 0.15) is 11.4 Å². The summed E-state index contributed by atoms with van der Waals surface area (Å²) < 4.78 is 33.6. The van der Waals surface area contributed by atoms with Gasteiger partial charge in [0.2, 0.25) is 10.0 Å². The van der Waals surface area contributed by atoms with Crippen LogP contribution in [0.5, 0.6) is 0 Å². The van der Waals surface area contributed by atoms with Crippen LogP contribution in [0.3, 0.4) is 0 Å². The van der Waals surface area contributed by atoms with Crippen LogP contribution in [-0.2, 0) is 14.8 Å². The number of amides is 1. The number of pyridine rings is 1. The van der Waals surface area contributed by atoms with Gasteiger partial charge in [-0.25, -0.2) is 18.2 Å². The predicted molar refractivity (Wildman–Crippen MR) is 131 cm³/mol. The van der Waals surface area contributed by atoms with E-state index in [4.69, 9.17) is 4.74 Å². The molecule has 0 aliphatic carbocycles. The van der Waals surface area contributed by atoms with Crippen molar-refractivity contribution < 1.29 is 17.9 Å². The maximum absolute atomic E-state index is 13.3. The van der Waals surface area contributed by atoms with Gasteiger partial charge in [-0.15, -0.1) is 0 Å². The Balaban J connectivity index is 1.42. The highest BCUT2D eigenvalue weighted by Crippen LogP contribution is 2.36. The van der Waals surface area contributed by atoms with Gasteiger partial charge in [0.05, 0.1) is 10.9 Å². The number of benzene rings is 1. The van der Waals surface area contributed by atoms with Crippen LogP contribution >= 0.6 is 0 Å². The molecule has 34 heavy (non-hydrogen) atoms. The van der Waals surface area contributed by atoms with E-state index in [9.17, 15) is 13.2 Å².